The molecule has 8 atom stereocenters. The second-order valence-electron chi connectivity index (χ2n) is 22.9. The van der Waals surface area contributed by atoms with Crippen LogP contribution < -0.4 is 21.4 Å². The minimum Gasteiger partial charge on any atom is -0.465 e. The van der Waals surface area contributed by atoms with Gasteiger partial charge in [-0.1, -0.05) is 70.2 Å². The average Bonchev–Trinajstić information content (AvgIpc) is 4.38. The number of aromatic nitrogens is 2. The zero-order valence-corrected chi connectivity index (χ0v) is 48.7. The number of nitrogens with zero attached hydrogens (tertiary/aromatic N) is 5. The van der Waals surface area contributed by atoms with Gasteiger partial charge in [0.25, 0.3) is 5.91 Å². The third-order valence-corrected chi connectivity index (χ3v) is 18.7. The van der Waals surface area contributed by atoms with Crippen molar-refractivity contribution in [2.24, 2.45) is 18.4 Å². The zero-order valence-electron chi connectivity index (χ0n) is 47.0. The molecule has 4 N–H and O–H groups in total. The lowest BCUT2D eigenvalue weighted by Crippen LogP contribution is -2.60. The highest BCUT2D eigenvalue weighted by atomic mass is 32.1. The van der Waals surface area contributed by atoms with E-state index in [2.05, 4.69) is 15.7 Å². The summed E-state index contributed by atoms with van der Waals surface area (Å²) in [6.45, 7) is 9.97. The minimum atomic E-state index is -4.80. The van der Waals surface area contributed by atoms with Gasteiger partial charge < -0.3 is 39.1 Å². The molecule has 4 fully saturated rings. The van der Waals surface area contributed by atoms with Crippen molar-refractivity contribution in [3.8, 4) is 0 Å². The maximum atomic E-state index is 15.8. The summed E-state index contributed by atoms with van der Waals surface area (Å²) in [5.41, 5.74) is 1.79. The standard InChI is InChI=1S/C58H72FN8O13PS/c1-7-26-79-56(74)34(2)62-81(76,77)51(59)38-14-17-45-39(30-38)31-46(82-45)53(71)61-50(58(3,4)5)55(73)66-24-21-43(49(66)54(72)65-25-27-78-44(32-65)37-11-9-8-10-12-37)80-33-48(69)64-22-19-35(20-23-64)28-36-13-15-40-42(29-36)63(6)57(75)67(40)41-16-18-47(68)60-52(41)70/h8-15,17,29-31,34-35,41,43-44,49-51H,7,16,18-28,32-33H2,1-6H3,(H,61,71)(H,60,68,70)(H2,62,76,77)/t34-,41-,43+,44-,49-,50+,51+/m0/s1. The number of ether oxygens (including phenoxy) is 3. The number of carbonyl (C=O) groups excluding carboxylic acids is 7. The Morgan fingerprint density at radius 1 is 0.927 bits per heavy atom. The van der Waals surface area contributed by atoms with Crippen LogP contribution in [0.1, 0.15) is 118 Å². The van der Waals surface area contributed by atoms with E-state index in [0.717, 1.165) is 22.5 Å². The number of alkyl halides is 1. The Morgan fingerprint density at radius 3 is 2.38 bits per heavy atom. The normalized spacial score (nSPS) is 21.9. The number of aryl methyl sites for hydroxylation is 1. The van der Waals surface area contributed by atoms with Crippen molar-refractivity contribution >= 4 is 81.4 Å². The number of halogens is 1. The van der Waals surface area contributed by atoms with Crippen molar-refractivity contribution < 1.29 is 61.6 Å². The molecule has 0 bridgehead atoms. The number of fused-ring (bicyclic) bond motifs is 2. The molecule has 21 nitrogen and oxygen atoms in total. The number of amides is 6. The van der Waals surface area contributed by atoms with Crippen LogP contribution >= 0.6 is 18.9 Å². The summed E-state index contributed by atoms with van der Waals surface area (Å²) >= 11 is 1.08. The monoisotopic (exact) mass is 1170 g/mol. The van der Waals surface area contributed by atoms with Gasteiger partial charge in [-0.05, 0) is 109 Å². The summed E-state index contributed by atoms with van der Waals surface area (Å²) in [4.78, 5) is 124. The number of imidazole rings is 1. The highest BCUT2D eigenvalue weighted by molar-refractivity contribution is 7.56. The van der Waals surface area contributed by atoms with Crippen LogP contribution in [-0.2, 0) is 61.0 Å². The number of rotatable bonds is 18. The number of hydrogen-bond acceptors (Lipinski definition) is 13. The third-order valence-electron chi connectivity index (χ3n) is 15.9. The van der Waals surface area contributed by atoms with E-state index in [9.17, 15) is 43.0 Å². The number of imide groups is 1. The van der Waals surface area contributed by atoms with Crippen molar-refractivity contribution in [2.45, 2.75) is 122 Å². The summed E-state index contributed by atoms with van der Waals surface area (Å²) in [5.74, 6) is -5.61. The predicted molar refractivity (Wildman–Crippen MR) is 303 cm³/mol. The van der Waals surface area contributed by atoms with E-state index < -0.39 is 78.9 Å². The topological polar surface area (TPSA) is 257 Å². The SMILES string of the molecule is CCCOC(=O)[C@H](C)NP(=O)(O)[C@@H](F)c1ccc2sc(C(=O)N[C@H](C(=O)N3CC[C@@H](OCC(=O)N4CCC(Cc5ccc6c(c5)n(C)c(=O)n6[C@H]5CCC(=O)NC5=O)CC4)[C@H]3C(=O)N3CCO[C@H](c4ccccc4)C3)C(C)(C)C)cc2c1. The summed E-state index contributed by atoms with van der Waals surface area (Å²) in [5, 5.41) is 7.85. The van der Waals surface area contributed by atoms with E-state index in [4.69, 9.17) is 14.2 Å². The van der Waals surface area contributed by atoms with E-state index in [1.54, 1.807) is 44.5 Å². The van der Waals surface area contributed by atoms with Gasteiger partial charge in [0.05, 0.1) is 41.8 Å². The van der Waals surface area contributed by atoms with Crippen molar-refractivity contribution in [1.82, 2.24) is 39.6 Å². The molecule has 4 aliphatic rings. The van der Waals surface area contributed by atoms with Crippen LogP contribution in [0.5, 0.6) is 0 Å². The Hall–Kier alpha value is -6.62. The Balaban J connectivity index is 0.868. The molecule has 4 aliphatic heterocycles. The molecule has 6 amide bonds. The van der Waals surface area contributed by atoms with Gasteiger partial charge in [-0.3, -0.25) is 52.6 Å². The highest BCUT2D eigenvalue weighted by Crippen LogP contribution is 2.54. The molecule has 9 rings (SSSR count). The summed E-state index contributed by atoms with van der Waals surface area (Å²) in [6, 6.07) is 16.6. The van der Waals surface area contributed by atoms with Gasteiger partial charge in [0.1, 0.15) is 36.9 Å². The molecule has 3 aromatic carbocycles. The molecule has 0 radical (unpaired) electrons. The molecule has 0 spiro atoms. The Morgan fingerprint density at radius 2 is 1.67 bits per heavy atom. The molecule has 1 unspecified atom stereocenters. The Labute approximate surface area is 478 Å². The molecule has 6 heterocycles. The van der Waals surface area contributed by atoms with E-state index in [0.29, 0.717) is 59.9 Å². The Kier molecular flexibility index (Phi) is 18.3. The van der Waals surface area contributed by atoms with Gasteiger partial charge >= 0.3 is 19.2 Å². The van der Waals surface area contributed by atoms with Crippen LogP contribution in [0.25, 0.3) is 21.1 Å². The zero-order chi connectivity index (χ0) is 58.8. The number of nitrogens with one attached hydrogen (secondary N) is 3. The van der Waals surface area contributed by atoms with Crippen LogP contribution in [0.3, 0.4) is 0 Å². The molecule has 4 saturated heterocycles. The summed E-state index contributed by atoms with van der Waals surface area (Å²) < 4.78 is 50.0. The van der Waals surface area contributed by atoms with E-state index in [-0.39, 0.29) is 98.5 Å². The van der Waals surface area contributed by atoms with Crippen molar-refractivity contribution in [3.05, 3.63) is 105 Å². The van der Waals surface area contributed by atoms with Gasteiger partial charge in [0.15, 0.2) is 0 Å². The second kappa shape index (κ2) is 25.1. The van der Waals surface area contributed by atoms with Crippen LogP contribution in [0, 0.1) is 11.3 Å². The molecular weight excluding hydrogens is 1100 g/mol. The molecule has 0 saturated carbocycles. The largest absolute Gasteiger partial charge is 0.465 e. The first kappa shape index (κ1) is 60.0. The van der Waals surface area contributed by atoms with Crippen molar-refractivity contribution in [1.29, 1.82) is 0 Å². The number of esters is 1. The summed E-state index contributed by atoms with van der Waals surface area (Å²) in [6.07, 6.45) is 1.96. The van der Waals surface area contributed by atoms with E-state index in [1.807, 2.05) is 48.5 Å². The molecule has 440 valence electrons. The van der Waals surface area contributed by atoms with Crippen LogP contribution in [0.2, 0.25) is 0 Å². The number of carbonyl (C=O) groups is 7. The molecule has 5 aromatic rings. The highest BCUT2D eigenvalue weighted by Gasteiger charge is 2.49. The fraction of sp³-hybridized carbons (Fsp3) is 0.517. The van der Waals surface area contributed by atoms with Gasteiger partial charge in [-0.15, -0.1) is 11.3 Å². The maximum Gasteiger partial charge on any atom is 0.329 e. The fourth-order valence-electron chi connectivity index (χ4n) is 11.4. The van der Waals surface area contributed by atoms with Crippen LogP contribution in [0.15, 0.2) is 77.6 Å². The van der Waals surface area contributed by atoms with Gasteiger partial charge in [-0.2, -0.15) is 0 Å². The van der Waals surface area contributed by atoms with Gasteiger partial charge in [-0.25, -0.2) is 14.3 Å². The lowest BCUT2D eigenvalue weighted by atomic mass is 9.85. The minimum absolute atomic E-state index is 0.0916. The number of hydrogen-bond donors (Lipinski definition) is 4. The predicted octanol–water partition coefficient (Wildman–Crippen LogP) is 5.83. The maximum absolute atomic E-state index is 15.8. The second-order valence-corrected chi connectivity index (χ2v) is 25.9. The van der Waals surface area contributed by atoms with E-state index >= 15 is 9.18 Å². The third kappa shape index (κ3) is 13.1. The number of piperidine rings is 2. The molecule has 0 aliphatic carbocycles. The summed E-state index contributed by atoms with van der Waals surface area (Å²) in [7, 11) is -3.14. The lowest BCUT2D eigenvalue weighted by molar-refractivity contribution is -0.156. The molecule has 24 heteroatoms. The van der Waals surface area contributed by atoms with Crippen molar-refractivity contribution in [2.75, 3.05) is 52.5 Å². The lowest BCUT2D eigenvalue weighted by Gasteiger charge is -2.39. The first-order valence-corrected chi connectivity index (χ1v) is 30.5. The smallest absolute Gasteiger partial charge is 0.329 e. The fourth-order valence-corrected chi connectivity index (χ4v) is 13.7. The first-order valence-electron chi connectivity index (χ1n) is 28.0. The number of benzene rings is 3. The van der Waals surface area contributed by atoms with Gasteiger partial charge in [0, 0.05) is 44.3 Å². The van der Waals surface area contributed by atoms with Crippen LogP contribution in [-0.4, -0.2) is 147 Å². The van der Waals surface area contributed by atoms with Gasteiger partial charge in [0.2, 0.25) is 35.4 Å². The van der Waals surface area contributed by atoms with Crippen molar-refractivity contribution in [3.63, 3.8) is 0 Å². The first-order chi connectivity index (χ1) is 39.0. The molecular formula is C58H72FN8O13PS. The number of thiophene rings is 1. The quantitative estimate of drug-likeness (QED) is 0.0458. The number of morpholine rings is 1. The van der Waals surface area contributed by atoms with Crippen LogP contribution in [0.4, 0.5) is 4.39 Å². The Bertz CT molecular complexity index is 3350. The number of likely N-dealkylation sites (tertiary alicyclic amines) is 2. The molecule has 2 aromatic heterocycles. The average molecular weight is 1170 g/mol. The van der Waals surface area contributed by atoms with E-state index in [1.165, 1.54) is 45.2 Å². The molecule has 82 heavy (non-hydrogen) atoms.